The molecule has 164 valence electrons. The summed E-state index contributed by atoms with van der Waals surface area (Å²) in [5, 5.41) is 10.2. The Labute approximate surface area is 186 Å². The predicted octanol–water partition coefficient (Wildman–Crippen LogP) is 4.04. The van der Waals surface area contributed by atoms with Gasteiger partial charge in [0, 0.05) is 37.7 Å². The molecule has 1 fully saturated rings. The first-order valence-corrected chi connectivity index (χ1v) is 11.5. The first kappa shape index (κ1) is 23.0. The number of piperidine rings is 1. The van der Waals surface area contributed by atoms with Crippen LogP contribution in [0.1, 0.15) is 37.4 Å². The number of pyridine rings is 1. The first-order chi connectivity index (χ1) is 14.6. The first-order valence-electron chi connectivity index (χ1n) is 11.1. The maximum atomic E-state index is 9.29. The summed E-state index contributed by atoms with van der Waals surface area (Å²) in [5.41, 5.74) is 1.95. The van der Waals surface area contributed by atoms with Crippen molar-refractivity contribution in [3.8, 4) is 0 Å². The van der Waals surface area contributed by atoms with Crippen LogP contribution in [0.2, 0.25) is 5.02 Å². The van der Waals surface area contributed by atoms with Gasteiger partial charge in [0.2, 0.25) is 0 Å². The third-order valence-corrected chi connectivity index (χ3v) is 6.48. The molecule has 0 spiro atoms. The van der Waals surface area contributed by atoms with E-state index in [2.05, 4.69) is 45.8 Å². The van der Waals surface area contributed by atoms with E-state index in [9.17, 15) is 5.11 Å². The molecular formula is C24H35ClN4O. The maximum Gasteiger partial charge on any atom is 0.128 e. The van der Waals surface area contributed by atoms with Crippen molar-refractivity contribution in [2.75, 3.05) is 44.7 Å². The molecule has 0 bridgehead atoms. The SMILES string of the molecule is CCN(CCCN(C)c1cccc(CO)n1)C1CCN(Cc2ccccc2Cl)CC1. The van der Waals surface area contributed by atoms with Crippen LogP contribution in [0.25, 0.3) is 0 Å². The number of benzene rings is 1. The van der Waals surface area contributed by atoms with Crippen LogP contribution in [0.15, 0.2) is 42.5 Å². The highest BCUT2D eigenvalue weighted by atomic mass is 35.5. The fourth-order valence-corrected chi connectivity index (χ4v) is 4.50. The Morgan fingerprint density at radius 2 is 1.87 bits per heavy atom. The van der Waals surface area contributed by atoms with Crippen LogP contribution < -0.4 is 4.90 Å². The Balaban J connectivity index is 1.42. The Kier molecular flexibility index (Phi) is 8.94. The van der Waals surface area contributed by atoms with Crippen molar-refractivity contribution in [2.24, 2.45) is 0 Å². The number of anilines is 1. The van der Waals surface area contributed by atoms with Crippen molar-refractivity contribution >= 4 is 17.4 Å². The van der Waals surface area contributed by atoms with E-state index < -0.39 is 0 Å². The second-order valence-electron chi connectivity index (χ2n) is 8.15. The predicted molar refractivity (Wildman–Crippen MR) is 125 cm³/mol. The van der Waals surface area contributed by atoms with E-state index in [1.165, 1.54) is 18.4 Å². The fourth-order valence-electron chi connectivity index (χ4n) is 4.30. The maximum absolute atomic E-state index is 9.29. The molecule has 30 heavy (non-hydrogen) atoms. The van der Waals surface area contributed by atoms with Gasteiger partial charge in [0.1, 0.15) is 5.82 Å². The zero-order valence-electron chi connectivity index (χ0n) is 18.3. The van der Waals surface area contributed by atoms with Crippen LogP contribution in [0.3, 0.4) is 0 Å². The minimum atomic E-state index is -0.0134. The van der Waals surface area contributed by atoms with Gasteiger partial charge in [0.25, 0.3) is 0 Å². The molecule has 3 rings (SSSR count). The van der Waals surface area contributed by atoms with E-state index in [4.69, 9.17) is 11.6 Å². The largest absolute Gasteiger partial charge is 0.390 e. The van der Waals surface area contributed by atoms with Gasteiger partial charge in [-0.1, -0.05) is 42.8 Å². The molecule has 0 amide bonds. The molecule has 1 aliphatic rings. The van der Waals surface area contributed by atoms with Crippen molar-refractivity contribution in [3.05, 3.63) is 58.7 Å². The fraction of sp³-hybridized carbons (Fsp3) is 0.542. The molecule has 0 radical (unpaired) electrons. The lowest BCUT2D eigenvalue weighted by Gasteiger charge is -2.38. The van der Waals surface area contributed by atoms with Gasteiger partial charge in [-0.25, -0.2) is 4.98 Å². The quantitative estimate of drug-likeness (QED) is 0.616. The molecule has 2 heterocycles. The average Bonchev–Trinajstić information content (AvgIpc) is 2.79. The lowest BCUT2D eigenvalue weighted by atomic mass is 10.0. The summed E-state index contributed by atoms with van der Waals surface area (Å²) in [7, 11) is 2.08. The zero-order valence-corrected chi connectivity index (χ0v) is 19.1. The number of likely N-dealkylation sites (tertiary alicyclic amines) is 1. The van der Waals surface area contributed by atoms with Crippen molar-refractivity contribution < 1.29 is 5.11 Å². The minimum Gasteiger partial charge on any atom is -0.390 e. The van der Waals surface area contributed by atoms with Crippen LogP contribution in [0.4, 0.5) is 5.82 Å². The highest BCUT2D eigenvalue weighted by Crippen LogP contribution is 2.22. The van der Waals surface area contributed by atoms with Gasteiger partial charge in [0.15, 0.2) is 0 Å². The van der Waals surface area contributed by atoms with E-state index in [1.54, 1.807) is 0 Å². The zero-order chi connectivity index (χ0) is 21.3. The van der Waals surface area contributed by atoms with Crippen molar-refractivity contribution in [1.29, 1.82) is 0 Å². The van der Waals surface area contributed by atoms with Gasteiger partial charge in [-0.05, 0) is 62.7 Å². The number of aliphatic hydroxyl groups is 1. The van der Waals surface area contributed by atoms with E-state index in [0.717, 1.165) is 62.2 Å². The third-order valence-electron chi connectivity index (χ3n) is 6.12. The van der Waals surface area contributed by atoms with Crippen LogP contribution in [-0.2, 0) is 13.2 Å². The lowest BCUT2D eigenvalue weighted by molar-refractivity contribution is 0.108. The summed E-state index contributed by atoms with van der Waals surface area (Å²) >= 11 is 6.33. The second kappa shape index (κ2) is 11.7. The van der Waals surface area contributed by atoms with E-state index in [0.29, 0.717) is 6.04 Å². The Morgan fingerprint density at radius 1 is 1.10 bits per heavy atom. The molecule has 1 N–H and O–H groups in total. The number of aromatic nitrogens is 1. The highest BCUT2D eigenvalue weighted by Gasteiger charge is 2.24. The van der Waals surface area contributed by atoms with Gasteiger partial charge < -0.3 is 14.9 Å². The molecule has 1 saturated heterocycles. The van der Waals surface area contributed by atoms with Crippen LogP contribution in [0, 0.1) is 0 Å². The van der Waals surface area contributed by atoms with Crippen molar-refractivity contribution in [3.63, 3.8) is 0 Å². The summed E-state index contributed by atoms with van der Waals surface area (Å²) in [5.74, 6) is 0.928. The standard InChI is InChI=1S/C24H35ClN4O/c1-3-29(15-7-14-27(2)24-11-6-9-21(19-30)26-24)22-12-16-28(17-13-22)18-20-8-4-5-10-23(20)25/h4-6,8-11,22,30H,3,7,12-19H2,1-2H3. The number of hydrogen-bond donors (Lipinski definition) is 1. The molecule has 2 aromatic rings. The molecule has 1 aliphatic heterocycles. The molecule has 5 nitrogen and oxygen atoms in total. The van der Waals surface area contributed by atoms with E-state index in [-0.39, 0.29) is 6.61 Å². The number of nitrogens with zero attached hydrogens (tertiary/aromatic N) is 4. The molecule has 1 aromatic heterocycles. The number of aliphatic hydroxyl groups excluding tert-OH is 1. The van der Waals surface area contributed by atoms with Gasteiger partial charge in [-0.2, -0.15) is 0 Å². The topological polar surface area (TPSA) is 42.8 Å². The highest BCUT2D eigenvalue weighted by molar-refractivity contribution is 6.31. The van der Waals surface area contributed by atoms with Crippen molar-refractivity contribution in [2.45, 2.75) is 45.4 Å². The Hall–Kier alpha value is -1.66. The summed E-state index contributed by atoms with van der Waals surface area (Å²) in [4.78, 5) is 11.8. The number of rotatable bonds is 10. The van der Waals surface area contributed by atoms with Gasteiger partial charge in [-0.3, -0.25) is 4.90 Å². The Bertz CT molecular complexity index is 779. The summed E-state index contributed by atoms with van der Waals surface area (Å²) in [6, 6.07) is 14.7. The normalized spacial score (nSPS) is 15.6. The molecule has 6 heteroatoms. The second-order valence-corrected chi connectivity index (χ2v) is 8.55. The van der Waals surface area contributed by atoms with Crippen LogP contribution in [0.5, 0.6) is 0 Å². The molecule has 0 atom stereocenters. The van der Waals surface area contributed by atoms with Crippen LogP contribution in [-0.4, -0.2) is 65.7 Å². The minimum absolute atomic E-state index is 0.0134. The van der Waals surface area contributed by atoms with Gasteiger partial charge in [-0.15, -0.1) is 0 Å². The van der Waals surface area contributed by atoms with Crippen molar-refractivity contribution in [1.82, 2.24) is 14.8 Å². The number of halogens is 1. The Morgan fingerprint density at radius 3 is 2.57 bits per heavy atom. The average molecular weight is 431 g/mol. The lowest BCUT2D eigenvalue weighted by Crippen LogP contribution is -2.45. The van der Waals surface area contributed by atoms with E-state index >= 15 is 0 Å². The number of hydrogen-bond acceptors (Lipinski definition) is 5. The van der Waals surface area contributed by atoms with Gasteiger partial charge >= 0.3 is 0 Å². The molecule has 1 aromatic carbocycles. The molecule has 0 unspecified atom stereocenters. The summed E-state index contributed by atoms with van der Waals surface area (Å²) < 4.78 is 0. The molecule has 0 saturated carbocycles. The van der Waals surface area contributed by atoms with Crippen LogP contribution >= 0.6 is 11.6 Å². The summed E-state index contributed by atoms with van der Waals surface area (Å²) in [6.07, 6.45) is 3.54. The molecular weight excluding hydrogens is 396 g/mol. The third kappa shape index (κ3) is 6.42. The van der Waals surface area contributed by atoms with E-state index in [1.807, 2.05) is 30.3 Å². The summed E-state index contributed by atoms with van der Waals surface area (Å²) in [6.45, 7) is 8.63. The molecule has 0 aliphatic carbocycles. The van der Waals surface area contributed by atoms with Gasteiger partial charge in [0.05, 0.1) is 12.3 Å². The monoisotopic (exact) mass is 430 g/mol. The smallest absolute Gasteiger partial charge is 0.128 e.